The third-order valence-corrected chi connectivity index (χ3v) is 2.62. The third-order valence-electron chi connectivity index (χ3n) is 2.62. The van der Waals surface area contributed by atoms with Crippen molar-refractivity contribution in [1.82, 2.24) is 10.2 Å². The molecular weight excluding hydrogens is 230 g/mol. The molecule has 0 bridgehead atoms. The summed E-state index contributed by atoms with van der Waals surface area (Å²) in [7, 11) is 1.36. The van der Waals surface area contributed by atoms with E-state index in [0.717, 1.165) is 23.0 Å². The van der Waals surface area contributed by atoms with Gasteiger partial charge < -0.3 is 10.5 Å². The van der Waals surface area contributed by atoms with Gasteiger partial charge in [-0.2, -0.15) is 5.10 Å². The highest BCUT2D eigenvalue weighted by atomic mass is 16.5. The quantitative estimate of drug-likeness (QED) is 0.803. The SMILES string of the molecule is COC(=O)c1ccc2c(C=CCCN)n[nH]c2c1. The molecule has 0 spiro atoms. The molecule has 0 fully saturated rings. The van der Waals surface area contributed by atoms with Crippen molar-refractivity contribution in [3.05, 3.63) is 35.5 Å². The van der Waals surface area contributed by atoms with Gasteiger partial charge in [0.15, 0.2) is 0 Å². The van der Waals surface area contributed by atoms with Gasteiger partial charge in [-0.3, -0.25) is 5.10 Å². The number of carbonyl (C=O) groups excluding carboxylic acids is 1. The first kappa shape index (κ1) is 12.3. The van der Waals surface area contributed by atoms with E-state index in [1.807, 2.05) is 18.2 Å². The molecule has 94 valence electrons. The van der Waals surface area contributed by atoms with Crippen molar-refractivity contribution in [2.75, 3.05) is 13.7 Å². The van der Waals surface area contributed by atoms with Gasteiger partial charge in [-0.05, 0) is 37.2 Å². The lowest BCUT2D eigenvalue weighted by Crippen LogP contribution is -2.00. The molecule has 2 rings (SSSR count). The first-order chi connectivity index (χ1) is 8.76. The summed E-state index contributed by atoms with van der Waals surface area (Å²) < 4.78 is 4.67. The number of esters is 1. The topological polar surface area (TPSA) is 81.0 Å². The van der Waals surface area contributed by atoms with Gasteiger partial charge in [-0.25, -0.2) is 4.79 Å². The molecule has 3 N–H and O–H groups in total. The van der Waals surface area contributed by atoms with Crippen molar-refractivity contribution >= 4 is 22.9 Å². The minimum atomic E-state index is -0.355. The average molecular weight is 245 g/mol. The second-order valence-electron chi connectivity index (χ2n) is 3.84. The number of nitrogens with zero attached hydrogens (tertiary/aromatic N) is 1. The summed E-state index contributed by atoms with van der Waals surface area (Å²) in [5.41, 5.74) is 7.58. The molecule has 5 heteroatoms. The number of carbonyl (C=O) groups is 1. The number of ether oxygens (including phenoxy) is 1. The minimum Gasteiger partial charge on any atom is -0.465 e. The van der Waals surface area contributed by atoms with E-state index in [-0.39, 0.29) is 5.97 Å². The van der Waals surface area contributed by atoms with E-state index in [0.29, 0.717) is 12.1 Å². The molecule has 0 saturated carbocycles. The first-order valence-corrected chi connectivity index (χ1v) is 5.69. The number of hydrogen-bond acceptors (Lipinski definition) is 4. The lowest BCUT2D eigenvalue weighted by Gasteiger charge is -1.98. The number of aromatic nitrogens is 2. The van der Waals surface area contributed by atoms with Gasteiger partial charge in [0.1, 0.15) is 0 Å². The highest BCUT2D eigenvalue weighted by Crippen LogP contribution is 2.19. The van der Waals surface area contributed by atoms with Crippen molar-refractivity contribution in [3.8, 4) is 0 Å². The number of hydrogen-bond donors (Lipinski definition) is 2. The van der Waals surface area contributed by atoms with Crippen LogP contribution >= 0.6 is 0 Å². The van der Waals surface area contributed by atoms with Crippen LogP contribution < -0.4 is 5.73 Å². The van der Waals surface area contributed by atoms with E-state index in [1.54, 1.807) is 12.1 Å². The van der Waals surface area contributed by atoms with Gasteiger partial charge in [0.25, 0.3) is 0 Å². The zero-order valence-corrected chi connectivity index (χ0v) is 10.1. The highest BCUT2D eigenvalue weighted by Gasteiger charge is 2.08. The smallest absolute Gasteiger partial charge is 0.337 e. The summed E-state index contributed by atoms with van der Waals surface area (Å²) >= 11 is 0. The molecule has 0 saturated heterocycles. The van der Waals surface area contributed by atoms with Gasteiger partial charge >= 0.3 is 5.97 Å². The second kappa shape index (κ2) is 5.46. The van der Waals surface area contributed by atoms with Crippen LogP contribution in [0.4, 0.5) is 0 Å². The largest absolute Gasteiger partial charge is 0.465 e. The summed E-state index contributed by atoms with van der Waals surface area (Å²) in [5, 5.41) is 8.05. The number of benzene rings is 1. The summed E-state index contributed by atoms with van der Waals surface area (Å²) in [6.45, 7) is 0.616. The van der Waals surface area contributed by atoms with Crippen molar-refractivity contribution in [3.63, 3.8) is 0 Å². The van der Waals surface area contributed by atoms with Crippen LogP contribution in [0, 0.1) is 0 Å². The Hall–Kier alpha value is -2.14. The molecule has 0 unspecified atom stereocenters. The Labute approximate surface area is 105 Å². The van der Waals surface area contributed by atoms with E-state index >= 15 is 0 Å². The maximum atomic E-state index is 11.4. The third kappa shape index (κ3) is 2.41. The van der Waals surface area contributed by atoms with Crippen molar-refractivity contribution in [2.45, 2.75) is 6.42 Å². The maximum Gasteiger partial charge on any atom is 0.337 e. The Kier molecular flexibility index (Phi) is 3.74. The zero-order chi connectivity index (χ0) is 13.0. The molecule has 0 aliphatic carbocycles. The molecule has 0 amide bonds. The van der Waals surface area contributed by atoms with E-state index in [9.17, 15) is 4.79 Å². The number of fused-ring (bicyclic) bond motifs is 1. The average Bonchev–Trinajstić information content (AvgIpc) is 2.80. The Morgan fingerprint density at radius 3 is 3.11 bits per heavy atom. The number of H-pyrrole nitrogens is 1. The summed E-state index contributed by atoms with van der Waals surface area (Å²) in [4.78, 5) is 11.4. The van der Waals surface area contributed by atoms with Crippen LogP contribution in [0.25, 0.3) is 17.0 Å². The van der Waals surface area contributed by atoms with Crippen LogP contribution in [0.2, 0.25) is 0 Å². The molecule has 1 aromatic carbocycles. The lowest BCUT2D eigenvalue weighted by atomic mass is 10.1. The van der Waals surface area contributed by atoms with Crippen LogP contribution in [-0.4, -0.2) is 29.8 Å². The molecular formula is C13H15N3O2. The fraction of sp³-hybridized carbons (Fsp3) is 0.231. The first-order valence-electron chi connectivity index (χ1n) is 5.69. The van der Waals surface area contributed by atoms with Gasteiger partial charge in [-0.1, -0.05) is 6.08 Å². The number of methoxy groups -OCH3 is 1. The lowest BCUT2D eigenvalue weighted by molar-refractivity contribution is 0.0601. The Balaban J connectivity index is 2.34. The van der Waals surface area contributed by atoms with Crippen LogP contribution in [0.15, 0.2) is 24.3 Å². The predicted octanol–water partition coefficient (Wildman–Crippen LogP) is 1.71. The Bertz CT molecular complexity index is 587. The molecule has 0 aliphatic rings. The minimum absolute atomic E-state index is 0.355. The van der Waals surface area contributed by atoms with Crippen molar-refractivity contribution in [1.29, 1.82) is 0 Å². The van der Waals surface area contributed by atoms with E-state index < -0.39 is 0 Å². The molecule has 1 aromatic heterocycles. The molecule has 2 aromatic rings. The molecule has 5 nitrogen and oxygen atoms in total. The van der Waals surface area contributed by atoms with Gasteiger partial charge in [0, 0.05) is 5.39 Å². The molecule has 0 atom stereocenters. The van der Waals surface area contributed by atoms with Crippen molar-refractivity contribution < 1.29 is 9.53 Å². The predicted molar refractivity (Wildman–Crippen MR) is 70.1 cm³/mol. The molecule has 0 radical (unpaired) electrons. The standard InChI is InChI=1S/C13H15N3O2/c1-18-13(17)9-5-6-10-11(4-2-3-7-14)15-16-12(10)8-9/h2,4-6,8H,3,7,14H2,1H3,(H,15,16). The summed E-state index contributed by atoms with van der Waals surface area (Å²) in [6, 6.07) is 5.31. The highest BCUT2D eigenvalue weighted by molar-refractivity contribution is 5.96. The maximum absolute atomic E-state index is 11.4. The monoisotopic (exact) mass is 245 g/mol. The van der Waals surface area contributed by atoms with Crippen LogP contribution in [-0.2, 0) is 4.74 Å². The molecule has 18 heavy (non-hydrogen) atoms. The number of nitrogens with one attached hydrogen (secondary N) is 1. The van der Waals surface area contributed by atoms with Gasteiger partial charge in [0.05, 0.1) is 23.9 Å². The fourth-order valence-corrected chi connectivity index (χ4v) is 1.70. The number of rotatable bonds is 4. The van der Waals surface area contributed by atoms with E-state index in [4.69, 9.17) is 5.73 Å². The Morgan fingerprint density at radius 2 is 2.39 bits per heavy atom. The van der Waals surface area contributed by atoms with Crippen LogP contribution in [0.3, 0.4) is 0 Å². The van der Waals surface area contributed by atoms with Gasteiger partial charge in [0.2, 0.25) is 0 Å². The van der Waals surface area contributed by atoms with E-state index in [2.05, 4.69) is 14.9 Å². The summed E-state index contributed by atoms with van der Waals surface area (Å²) in [6.07, 6.45) is 4.71. The zero-order valence-electron chi connectivity index (χ0n) is 10.1. The summed E-state index contributed by atoms with van der Waals surface area (Å²) in [5.74, 6) is -0.355. The van der Waals surface area contributed by atoms with Crippen molar-refractivity contribution in [2.24, 2.45) is 5.73 Å². The fourth-order valence-electron chi connectivity index (χ4n) is 1.70. The second-order valence-corrected chi connectivity index (χ2v) is 3.84. The van der Waals surface area contributed by atoms with Crippen LogP contribution in [0.1, 0.15) is 22.5 Å². The normalized spacial score (nSPS) is 11.2. The Morgan fingerprint density at radius 1 is 1.56 bits per heavy atom. The van der Waals surface area contributed by atoms with Gasteiger partial charge in [-0.15, -0.1) is 0 Å². The van der Waals surface area contributed by atoms with Crippen LogP contribution in [0.5, 0.6) is 0 Å². The molecule has 1 heterocycles. The van der Waals surface area contributed by atoms with E-state index in [1.165, 1.54) is 7.11 Å². The number of aromatic amines is 1. The number of nitrogens with two attached hydrogens (primary N) is 1. The molecule has 0 aliphatic heterocycles.